The first kappa shape index (κ1) is 19.0. The van der Waals surface area contributed by atoms with Gasteiger partial charge in [-0.15, -0.1) is 0 Å². The molecule has 0 amide bonds. The van der Waals surface area contributed by atoms with Crippen molar-refractivity contribution in [2.45, 2.75) is 39.2 Å². The first-order valence-electron chi connectivity index (χ1n) is 9.66. The summed E-state index contributed by atoms with van der Waals surface area (Å²) in [6.45, 7) is 7.36. The molecule has 0 aromatic heterocycles. The van der Waals surface area contributed by atoms with E-state index in [9.17, 15) is 4.79 Å². The van der Waals surface area contributed by atoms with E-state index in [1.54, 1.807) is 0 Å². The molecule has 140 valence electrons. The number of ether oxygens (including phenoxy) is 1. The van der Waals surface area contributed by atoms with Crippen LogP contribution in [0.25, 0.3) is 0 Å². The minimum Gasteiger partial charge on any atom is -0.488 e. The fourth-order valence-electron chi connectivity index (χ4n) is 3.32. The Morgan fingerprint density at radius 1 is 1.07 bits per heavy atom. The standard InChI is InChI=1S/C24H27NO2/c1-3-4-6-14-21(25-16-19-11-7-5-8-12-19)23-18(2)17-27-22-15-10-9-13-20(22)24(23)26/h5,7-13,15,25H,2-4,6,14,16-17H2,1H3/b23-21+. The minimum absolute atomic E-state index is 0.000148. The normalized spacial score (nSPS) is 15.6. The van der Waals surface area contributed by atoms with Crippen LogP contribution in [-0.2, 0) is 6.54 Å². The quantitative estimate of drug-likeness (QED) is 0.527. The zero-order chi connectivity index (χ0) is 19.1. The predicted octanol–water partition coefficient (Wildman–Crippen LogP) is 5.44. The molecule has 3 heteroatoms. The highest BCUT2D eigenvalue weighted by Crippen LogP contribution is 2.31. The molecule has 0 spiro atoms. The number of ketones is 1. The van der Waals surface area contributed by atoms with Crippen molar-refractivity contribution in [1.82, 2.24) is 5.32 Å². The second-order valence-electron chi connectivity index (χ2n) is 6.87. The second kappa shape index (κ2) is 9.22. The van der Waals surface area contributed by atoms with E-state index in [4.69, 9.17) is 4.74 Å². The summed E-state index contributed by atoms with van der Waals surface area (Å²) in [5.41, 5.74) is 4.20. The Morgan fingerprint density at radius 3 is 2.59 bits per heavy atom. The monoisotopic (exact) mass is 361 g/mol. The highest BCUT2D eigenvalue weighted by Gasteiger charge is 2.26. The van der Waals surface area contributed by atoms with Crippen molar-refractivity contribution in [3.05, 3.63) is 89.1 Å². The van der Waals surface area contributed by atoms with Gasteiger partial charge in [0, 0.05) is 17.8 Å². The van der Waals surface area contributed by atoms with Crippen molar-refractivity contribution in [2.75, 3.05) is 6.61 Å². The van der Waals surface area contributed by atoms with Gasteiger partial charge in [0.25, 0.3) is 0 Å². The molecule has 0 saturated heterocycles. The number of carbonyl (C=O) groups excluding carboxylic acids is 1. The molecule has 0 unspecified atom stereocenters. The van der Waals surface area contributed by atoms with Gasteiger partial charge in [-0.3, -0.25) is 4.79 Å². The molecule has 0 aliphatic carbocycles. The number of benzene rings is 2. The van der Waals surface area contributed by atoms with E-state index in [1.165, 1.54) is 5.56 Å². The number of para-hydroxylation sites is 1. The van der Waals surface area contributed by atoms with Crippen LogP contribution in [0.15, 0.2) is 78.0 Å². The fourth-order valence-corrected chi connectivity index (χ4v) is 3.32. The Hall–Kier alpha value is -2.81. The third-order valence-electron chi connectivity index (χ3n) is 4.80. The third kappa shape index (κ3) is 4.68. The highest BCUT2D eigenvalue weighted by atomic mass is 16.5. The zero-order valence-corrected chi connectivity index (χ0v) is 16.0. The third-order valence-corrected chi connectivity index (χ3v) is 4.80. The van der Waals surface area contributed by atoms with Gasteiger partial charge in [0.05, 0.1) is 5.56 Å². The largest absolute Gasteiger partial charge is 0.488 e. The van der Waals surface area contributed by atoms with Crippen LogP contribution in [0.1, 0.15) is 48.5 Å². The van der Waals surface area contributed by atoms with Gasteiger partial charge in [-0.1, -0.05) is 68.8 Å². The van der Waals surface area contributed by atoms with Gasteiger partial charge in [0.1, 0.15) is 12.4 Å². The molecule has 0 atom stereocenters. The van der Waals surface area contributed by atoms with E-state index in [0.29, 0.717) is 30.0 Å². The van der Waals surface area contributed by atoms with Gasteiger partial charge in [0.15, 0.2) is 5.78 Å². The van der Waals surface area contributed by atoms with Crippen molar-refractivity contribution in [1.29, 1.82) is 0 Å². The Balaban J connectivity index is 1.94. The van der Waals surface area contributed by atoms with Crippen molar-refractivity contribution in [3.63, 3.8) is 0 Å². The molecule has 0 saturated carbocycles. The van der Waals surface area contributed by atoms with Gasteiger partial charge in [-0.05, 0) is 36.1 Å². The summed E-state index contributed by atoms with van der Waals surface area (Å²) < 4.78 is 5.82. The van der Waals surface area contributed by atoms with Gasteiger partial charge >= 0.3 is 0 Å². The Bertz CT molecular complexity index is 836. The van der Waals surface area contributed by atoms with E-state index in [-0.39, 0.29) is 5.78 Å². The zero-order valence-electron chi connectivity index (χ0n) is 16.0. The summed E-state index contributed by atoms with van der Waals surface area (Å²) in [5, 5.41) is 3.53. The number of fused-ring (bicyclic) bond motifs is 1. The first-order chi connectivity index (χ1) is 13.2. The molecule has 0 fully saturated rings. The predicted molar refractivity (Wildman–Crippen MR) is 110 cm³/mol. The average molecular weight is 361 g/mol. The molecule has 3 nitrogen and oxygen atoms in total. The number of carbonyl (C=O) groups is 1. The lowest BCUT2D eigenvalue weighted by atomic mass is 9.94. The van der Waals surface area contributed by atoms with Gasteiger partial charge in [0.2, 0.25) is 0 Å². The van der Waals surface area contributed by atoms with Crippen molar-refractivity contribution in [2.24, 2.45) is 0 Å². The molecule has 1 aliphatic heterocycles. The number of rotatable bonds is 7. The number of unbranched alkanes of at least 4 members (excludes halogenated alkanes) is 2. The van der Waals surface area contributed by atoms with Crippen LogP contribution in [0.4, 0.5) is 0 Å². The molecule has 1 aliphatic rings. The van der Waals surface area contributed by atoms with Crippen molar-refractivity contribution < 1.29 is 9.53 Å². The van der Waals surface area contributed by atoms with Gasteiger partial charge in [-0.25, -0.2) is 0 Å². The summed E-state index contributed by atoms with van der Waals surface area (Å²) in [4.78, 5) is 13.3. The van der Waals surface area contributed by atoms with E-state index in [2.05, 4.69) is 31.0 Å². The fraction of sp³-hybridized carbons (Fsp3) is 0.292. The number of Topliss-reactive ketones (excluding diaryl/α,β-unsaturated/α-hetero) is 1. The van der Waals surface area contributed by atoms with Crippen LogP contribution in [0.5, 0.6) is 5.75 Å². The van der Waals surface area contributed by atoms with Crippen molar-refractivity contribution in [3.8, 4) is 5.75 Å². The summed E-state index contributed by atoms with van der Waals surface area (Å²) in [5.74, 6) is 0.634. The Kier molecular flexibility index (Phi) is 6.48. The Morgan fingerprint density at radius 2 is 1.81 bits per heavy atom. The maximum Gasteiger partial charge on any atom is 0.198 e. The van der Waals surface area contributed by atoms with Crippen LogP contribution in [0.3, 0.4) is 0 Å². The van der Waals surface area contributed by atoms with E-state index < -0.39 is 0 Å². The molecular formula is C24H27NO2. The van der Waals surface area contributed by atoms with Crippen LogP contribution >= 0.6 is 0 Å². The lowest BCUT2D eigenvalue weighted by Crippen LogP contribution is -2.20. The summed E-state index contributed by atoms with van der Waals surface area (Å²) in [6, 6.07) is 17.7. The molecule has 0 radical (unpaired) electrons. The molecular weight excluding hydrogens is 334 g/mol. The second-order valence-corrected chi connectivity index (χ2v) is 6.87. The highest BCUT2D eigenvalue weighted by molar-refractivity contribution is 6.14. The van der Waals surface area contributed by atoms with Crippen LogP contribution in [0.2, 0.25) is 0 Å². The molecule has 3 rings (SSSR count). The summed E-state index contributed by atoms with van der Waals surface area (Å²) in [6.07, 6.45) is 4.16. The molecule has 2 aromatic carbocycles. The molecule has 27 heavy (non-hydrogen) atoms. The van der Waals surface area contributed by atoms with Gasteiger partial charge < -0.3 is 10.1 Å². The lowest BCUT2D eigenvalue weighted by molar-refractivity contribution is 0.103. The number of allylic oxidation sites excluding steroid dienone is 1. The smallest absolute Gasteiger partial charge is 0.198 e. The van der Waals surface area contributed by atoms with Crippen LogP contribution < -0.4 is 10.1 Å². The number of nitrogens with one attached hydrogen (secondary N) is 1. The average Bonchev–Trinajstić information content (AvgIpc) is 2.83. The molecule has 1 N–H and O–H groups in total. The SMILES string of the molecule is C=C1COc2ccccc2C(=O)/C1=C(\CCCCC)NCc1ccccc1. The molecule has 1 heterocycles. The van der Waals surface area contributed by atoms with Crippen LogP contribution in [0, 0.1) is 0 Å². The summed E-state index contributed by atoms with van der Waals surface area (Å²) in [7, 11) is 0. The number of hydrogen-bond acceptors (Lipinski definition) is 3. The maximum absolute atomic E-state index is 13.3. The topological polar surface area (TPSA) is 38.3 Å². The Labute approximate surface area is 161 Å². The van der Waals surface area contributed by atoms with Crippen LogP contribution in [-0.4, -0.2) is 12.4 Å². The molecule has 0 bridgehead atoms. The van der Waals surface area contributed by atoms with E-state index in [0.717, 1.165) is 37.0 Å². The van der Waals surface area contributed by atoms with E-state index in [1.807, 2.05) is 42.5 Å². The van der Waals surface area contributed by atoms with Crippen molar-refractivity contribution >= 4 is 5.78 Å². The first-order valence-corrected chi connectivity index (χ1v) is 9.66. The molecule has 2 aromatic rings. The van der Waals surface area contributed by atoms with E-state index >= 15 is 0 Å². The van der Waals surface area contributed by atoms with Gasteiger partial charge in [-0.2, -0.15) is 0 Å². The minimum atomic E-state index is 0.000148. The maximum atomic E-state index is 13.3. The lowest BCUT2D eigenvalue weighted by Gasteiger charge is -2.17. The number of hydrogen-bond donors (Lipinski definition) is 1. The summed E-state index contributed by atoms with van der Waals surface area (Å²) >= 11 is 0.